The highest BCUT2D eigenvalue weighted by atomic mass is 35.5. The number of hydrogen-bond acceptors (Lipinski definition) is 7. The molecule has 0 bridgehead atoms. The Morgan fingerprint density at radius 1 is 1.06 bits per heavy atom. The second-order valence-corrected chi connectivity index (χ2v) is 8.73. The molecule has 182 valence electrons. The van der Waals surface area contributed by atoms with Gasteiger partial charge in [0.15, 0.2) is 19.0 Å². The lowest BCUT2D eigenvalue weighted by molar-refractivity contribution is -0.158. The van der Waals surface area contributed by atoms with Crippen LogP contribution in [0.1, 0.15) is 31.2 Å². The smallest absolute Gasteiger partial charge is 0.344 e. The Labute approximate surface area is 206 Å². The van der Waals surface area contributed by atoms with Crippen LogP contribution < -0.4 is 10.4 Å². The van der Waals surface area contributed by atoms with Crippen molar-refractivity contribution in [2.24, 2.45) is 0 Å². The molecule has 1 aliphatic carbocycles. The summed E-state index contributed by atoms with van der Waals surface area (Å²) < 4.78 is 15.6. The summed E-state index contributed by atoms with van der Waals surface area (Å²) in [6.07, 6.45) is 2.28. The van der Waals surface area contributed by atoms with Gasteiger partial charge in [0.05, 0.1) is 0 Å². The molecule has 0 N–H and O–H groups in total. The molecule has 9 heteroatoms. The Kier molecular flexibility index (Phi) is 7.21. The van der Waals surface area contributed by atoms with Gasteiger partial charge < -0.3 is 18.8 Å². The maximum absolute atomic E-state index is 13.1. The van der Waals surface area contributed by atoms with Crippen molar-refractivity contribution in [2.75, 3.05) is 20.3 Å². The first-order valence-electron chi connectivity index (χ1n) is 11.2. The van der Waals surface area contributed by atoms with E-state index in [2.05, 4.69) is 0 Å². The number of likely N-dealkylation sites (N-methyl/N-ethyl adjacent to an activating group) is 1. The Balaban J connectivity index is 1.40. The van der Waals surface area contributed by atoms with Gasteiger partial charge in [-0.2, -0.15) is 0 Å². The zero-order chi connectivity index (χ0) is 25.0. The van der Waals surface area contributed by atoms with Crippen molar-refractivity contribution in [3.8, 4) is 5.75 Å². The third-order valence-electron chi connectivity index (χ3n) is 6.23. The van der Waals surface area contributed by atoms with Gasteiger partial charge in [0.25, 0.3) is 5.91 Å². The first kappa shape index (κ1) is 24.5. The highest BCUT2D eigenvalue weighted by Gasteiger charge is 2.48. The fourth-order valence-electron chi connectivity index (χ4n) is 4.40. The predicted molar refractivity (Wildman–Crippen MR) is 128 cm³/mol. The molecule has 4 rings (SSSR count). The maximum atomic E-state index is 13.1. The molecule has 1 aliphatic rings. The van der Waals surface area contributed by atoms with E-state index in [0.717, 1.165) is 12.8 Å². The van der Waals surface area contributed by atoms with Crippen LogP contribution in [0.5, 0.6) is 5.75 Å². The van der Waals surface area contributed by atoms with Gasteiger partial charge in [-0.25, -0.2) is 9.59 Å². The van der Waals surface area contributed by atoms with Crippen LogP contribution in [-0.2, 0) is 24.7 Å². The molecule has 1 saturated carbocycles. The van der Waals surface area contributed by atoms with Gasteiger partial charge in [-0.3, -0.25) is 9.59 Å². The van der Waals surface area contributed by atoms with Gasteiger partial charge in [-0.15, -0.1) is 0 Å². The number of ether oxygens (including phenoxy) is 2. The van der Waals surface area contributed by atoms with Crippen LogP contribution in [-0.4, -0.2) is 42.8 Å². The summed E-state index contributed by atoms with van der Waals surface area (Å²) in [5.41, 5.74) is -0.810. The van der Waals surface area contributed by atoms with E-state index in [9.17, 15) is 19.2 Å². The fraction of sp³-hybridized carbons (Fsp3) is 0.308. The molecule has 2 aromatic carbocycles. The zero-order valence-electron chi connectivity index (χ0n) is 19.1. The molecule has 0 saturated heterocycles. The molecule has 0 spiro atoms. The summed E-state index contributed by atoms with van der Waals surface area (Å²) in [5, 5.41) is 1.11. The van der Waals surface area contributed by atoms with Gasteiger partial charge in [-0.05, 0) is 43.5 Å². The Morgan fingerprint density at radius 2 is 1.83 bits per heavy atom. The van der Waals surface area contributed by atoms with Crippen LogP contribution in [0.4, 0.5) is 0 Å². The largest absolute Gasteiger partial charge is 0.482 e. The number of rotatable bonds is 7. The second kappa shape index (κ2) is 10.3. The molecule has 35 heavy (non-hydrogen) atoms. The minimum atomic E-state index is -1.20. The van der Waals surface area contributed by atoms with Crippen LogP contribution in [0.3, 0.4) is 0 Å². The number of fused-ring (bicyclic) bond motifs is 1. The highest BCUT2D eigenvalue weighted by Crippen LogP contribution is 2.42. The fourth-order valence-corrected chi connectivity index (χ4v) is 4.69. The van der Waals surface area contributed by atoms with Crippen molar-refractivity contribution in [3.63, 3.8) is 0 Å². The zero-order valence-corrected chi connectivity index (χ0v) is 19.9. The molecule has 1 fully saturated rings. The average Bonchev–Trinajstić information content (AvgIpc) is 2.86. The normalized spacial score (nSPS) is 17.7. The number of carbonyl (C=O) groups excluding carboxylic acids is 3. The quantitative estimate of drug-likeness (QED) is 0.360. The number of carbonyl (C=O) groups is 3. The van der Waals surface area contributed by atoms with Gasteiger partial charge >= 0.3 is 11.6 Å². The summed E-state index contributed by atoms with van der Waals surface area (Å²) in [7, 11) is 1.53. The molecule has 3 aromatic rings. The third kappa shape index (κ3) is 5.07. The topological polar surface area (TPSA) is 103 Å². The van der Waals surface area contributed by atoms with E-state index in [1.54, 1.807) is 42.5 Å². The molecule has 1 atom stereocenters. The average molecular weight is 498 g/mol. The molecular formula is C26H24ClNO7. The third-order valence-corrected chi connectivity index (χ3v) is 6.56. The summed E-state index contributed by atoms with van der Waals surface area (Å²) in [6.45, 7) is -1.00. The van der Waals surface area contributed by atoms with Crippen LogP contribution in [0.25, 0.3) is 11.0 Å². The SMILES string of the molecule is CN(C(=O)COC(=O)COc1ccc2ccc(=O)oc2c1)C1(c2ccccc2Cl)CCCCC1=O. The lowest BCUT2D eigenvalue weighted by Crippen LogP contribution is -2.55. The van der Waals surface area contributed by atoms with E-state index in [1.165, 1.54) is 24.1 Å². The van der Waals surface area contributed by atoms with Gasteiger partial charge in [0.1, 0.15) is 16.9 Å². The summed E-state index contributed by atoms with van der Waals surface area (Å²) >= 11 is 6.42. The highest BCUT2D eigenvalue weighted by molar-refractivity contribution is 6.31. The molecule has 1 amide bonds. The maximum Gasteiger partial charge on any atom is 0.344 e. The van der Waals surface area contributed by atoms with Gasteiger partial charge in [-0.1, -0.05) is 29.8 Å². The number of esters is 1. The Hall–Kier alpha value is -3.65. The van der Waals surface area contributed by atoms with Crippen molar-refractivity contribution in [1.82, 2.24) is 4.90 Å². The van der Waals surface area contributed by atoms with Crippen molar-refractivity contribution >= 4 is 40.2 Å². The van der Waals surface area contributed by atoms with Crippen LogP contribution in [0.15, 0.2) is 63.8 Å². The van der Waals surface area contributed by atoms with Crippen molar-refractivity contribution < 1.29 is 28.3 Å². The molecule has 0 radical (unpaired) electrons. The number of ketones is 1. The van der Waals surface area contributed by atoms with E-state index >= 15 is 0 Å². The van der Waals surface area contributed by atoms with E-state index < -0.39 is 36.3 Å². The van der Waals surface area contributed by atoms with Crippen molar-refractivity contribution in [2.45, 2.75) is 31.2 Å². The number of nitrogens with zero attached hydrogens (tertiary/aromatic N) is 1. The number of hydrogen-bond donors (Lipinski definition) is 0. The summed E-state index contributed by atoms with van der Waals surface area (Å²) in [6, 6.07) is 14.7. The monoisotopic (exact) mass is 497 g/mol. The minimum absolute atomic E-state index is 0.0923. The Bertz CT molecular complexity index is 1330. The molecule has 1 unspecified atom stereocenters. The minimum Gasteiger partial charge on any atom is -0.482 e. The summed E-state index contributed by atoms with van der Waals surface area (Å²) in [4.78, 5) is 51.1. The molecule has 1 aromatic heterocycles. The van der Waals surface area contributed by atoms with E-state index in [4.69, 9.17) is 25.5 Å². The van der Waals surface area contributed by atoms with Crippen molar-refractivity contribution in [3.05, 3.63) is 75.6 Å². The summed E-state index contributed by atoms with van der Waals surface area (Å²) in [5.74, 6) is -1.08. The number of halogens is 1. The first-order chi connectivity index (χ1) is 16.8. The van der Waals surface area contributed by atoms with E-state index in [0.29, 0.717) is 40.1 Å². The van der Waals surface area contributed by atoms with E-state index in [-0.39, 0.29) is 5.78 Å². The first-order valence-corrected chi connectivity index (χ1v) is 11.6. The predicted octanol–water partition coefficient (Wildman–Crippen LogP) is 3.87. The Morgan fingerprint density at radius 3 is 2.60 bits per heavy atom. The lowest BCUT2D eigenvalue weighted by Gasteiger charge is -2.43. The molecule has 8 nitrogen and oxygen atoms in total. The molecule has 0 aliphatic heterocycles. The lowest BCUT2D eigenvalue weighted by atomic mass is 9.74. The van der Waals surface area contributed by atoms with Gasteiger partial charge in [0, 0.05) is 41.6 Å². The van der Waals surface area contributed by atoms with Crippen LogP contribution in [0.2, 0.25) is 5.02 Å². The number of amides is 1. The molecular weight excluding hydrogens is 474 g/mol. The van der Waals surface area contributed by atoms with Crippen LogP contribution >= 0.6 is 11.6 Å². The number of Topliss-reactive ketones (excluding diaryl/α,β-unsaturated/α-hetero) is 1. The van der Waals surface area contributed by atoms with Crippen molar-refractivity contribution in [1.29, 1.82) is 0 Å². The van der Waals surface area contributed by atoms with Gasteiger partial charge in [0.2, 0.25) is 0 Å². The van der Waals surface area contributed by atoms with Crippen LogP contribution in [0, 0.1) is 0 Å². The van der Waals surface area contributed by atoms with E-state index in [1.807, 2.05) is 0 Å². The second-order valence-electron chi connectivity index (χ2n) is 8.33. The number of benzene rings is 2. The molecule has 1 heterocycles. The standard InChI is InChI=1S/C26H24ClNO7/c1-28(26(13-5-4-8-22(26)29)19-6-2-3-7-20(19)27)23(30)15-34-25(32)16-33-18-11-9-17-10-12-24(31)35-21(17)14-18/h2-3,6-7,9-12,14H,4-5,8,13,15-16H2,1H3.